The Bertz CT molecular complexity index is 156. The van der Waals surface area contributed by atoms with Crippen molar-refractivity contribution in [3.63, 3.8) is 0 Å². The summed E-state index contributed by atoms with van der Waals surface area (Å²) < 4.78 is 0. The summed E-state index contributed by atoms with van der Waals surface area (Å²) in [7, 11) is -1.74. The highest BCUT2D eigenvalue weighted by Crippen LogP contribution is 2.41. The van der Waals surface area contributed by atoms with Crippen molar-refractivity contribution >= 4 is 18.5 Å². The molecule has 2 heteroatoms. The van der Waals surface area contributed by atoms with E-state index in [1.165, 1.54) is 25.7 Å². The highest BCUT2D eigenvalue weighted by molar-refractivity contribution is 7.24. The van der Waals surface area contributed by atoms with Gasteiger partial charge >= 0.3 is 0 Å². The van der Waals surface area contributed by atoms with Crippen LogP contribution in [-0.2, 0) is 0 Å². The molecule has 0 fully saturated rings. The molecular weight excluding hydrogens is 208 g/mol. The maximum Gasteiger partial charge on any atom is 0.184 e. The predicted molar refractivity (Wildman–Crippen MR) is 70.5 cm³/mol. The molecule has 2 atom stereocenters. The van der Waals surface area contributed by atoms with E-state index in [-0.39, 0.29) is 0 Å². The molecule has 0 aliphatic carbocycles. The van der Waals surface area contributed by atoms with Gasteiger partial charge in [-0.05, 0) is 11.1 Å². The van der Waals surface area contributed by atoms with Crippen molar-refractivity contribution in [2.24, 2.45) is 0 Å². The molecule has 0 aromatic carbocycles. The highest BCUT2D eigenvalue weighted by Gasteiger charge is 2.38. The minimum Gasteiger partial charge on any atom is -0.161 e. The second-order valence-electron chi connectivity index (χ2n) is 4.41. The summed E-state index contributed by atoms with van der Waals surface area (Å²) >= 11 is 6.80. The van der Waals surface area contributed by atoms with Gasteiger partial charge in [-0.3, -0.25) is 0 Å². The molecule has 0 heterocycles. The molecule has 0 saturated heterocycles. The number of hydrogen-bond acceptors (Lipinski definition) is 0. The number of rotatable bonds is 7. The Labute approximate surface area is 95.5 Å². The average molecular weight is 233 g/mol. The van der Waals surface area contributed by atoms with E-state index >= 15 is 0 Å². The quantitative estimate of drug-likeness (QED) is 0.414. The van der Waals surface area contributed by atoms with Gasteiger partial charge in [0.05, 0.1) is 0 Å². The fourth-order valence-corrected chi connectivity index (χ4v) is 6.09. The van der Waals surface area contributed by atoms with Crippen LogP contribution in [0.3, 0.4) is 0 Å². The summed E-state index contributed by atoms with van der Waals surface area (Å²) in [5.74, 6) is 0. The molecule has 0 aromatic heterocycles. The van der Waals surface area contributed by atoms with Crippen LogP contribution in [0.25, 0.3) is 0 Å². The molecule has 0 aliphatic heterocycles. The lowest BCUT2D eigenvalue weighted by atomic mass is 10.2. The van der Waals surface area contributed by atoms with Crippen LogP contribution >= 0.6 is 11.1 Å². The molecule has 0 saturated carbocycles. The van der Waals surface area contributed by atoms with E-state index in [0.29, 0.717) is 11.1 Å². The van der Waals surface area contributed by atoms with E-state index < -0.39 is 7.38 Å². The van der Waals surface area contributed by atoms with Crippen LogP contribution in [0.5, 0.6) is 0 Å². The van der Waals surface area contributed by atoms with E-state index in [9.17, 15) is 0 Å². The van der Waals surface area contributed by atoms with Crippen LogP contribution in [0.2, 0.25) is 11.1 Å². The van der Waals surface area contributed by atoms with Gasteiger partial charge in [0, 0.05) is 0 Å². The molecular formula is C12H25ClSi. The first-order chi connectivity index (χ1) is 6.52. The van der Waals surface area contributed by atoms with Crippen LogP contribution in [0.4, 0.5) is 0 Å². The molecule has 0 amide bonds. The van der Waals surface area contributed by atoms with Crippen LogP contribution in [0.1, 0.15) is 53.4 Å². The Balaban J connectivity index is 4.50. The highest BCUT2D eigenvalue weighted by atomic mass is 35.6. The first-order valence-corrected chi connectivity index (χ1v) is 9.09. The summed E-state index contributed by atoms with van der Waals surface area (Å²) in [5, 5.41) is 0. The second-order valence-corrected chi connectivity index (χ2v) is 10.4. The Morgan fingerprint density at radius 2 is 1.50 bits per heavy atom. The molecule has 84 valence electrons. The minimum atomic E-state index is -1.74. The summed E-state index contributed by atoms with van der Waals surface area (Å²) in [6.07, 6.45) is 4.95. The number of halogens is 1. The standard InChI is InChI=1S/C12H25ClSi/c1-6-9-11(4)14(13,8-3)12(5)10-7-2/h8,11-12H,3,6-7,9-10H2,1-2,4-5H3. The molecule has 0 aliphatic rings. The lowest BCUT2D eigenvalue weighted by Crippen LogP contribution is -2.35. The molecule has 0 rings (SSSR count). The fraction of sp³-hybridized carbons (Fsp3) is 0.833. The third-order valence-electron chi connectivity index (χ3n) is 3.27. The van der Waals surface area contributed by atoms with E-state index in [2.05, 4.69) is 40.0 Å². The molecule has 2 unspecified atom stereocenters. The van der Waals surface area contributed by atoms with E-state index in [4.69, 9.17) is 11.1 Å². The maximum atomic E-state index is 6.80. The zero-order valence-electron chi connectivity index (χ0n) is 10.1. The third-order valence-corrected chi connectivity index (χ3v) is 10.2. The fourth-order valence-electron chi connectivity index (χ4n) is 2.20. The summed E-state index contributed by atoms with van der Waals surface area (Å²) in [6, 6.07) is 0. The molecule has 0 nitrogen and oxygen atoms in total. The SMILES string of the molecule is C=C[Si](Cl)(C(C)CCC)C(C)CCC. The predicted octanol–water partition coefficient (Wildman–Crippen LogP) is 5.28. The van der Waals surface area contributed by atoms with Gasteiger partial charge in [0.1, 0.15) is 0 Å². The average Bonchev–Trinajstić information content (AvgIpc) is 2.17. The van der Waals surface area contributed by atoms with Crippen molar-refractivity contribution in [3.8, 4) is 0 Å². The zero-order valence-corrected chi connectivity index (χ0v) is 11.9. The number of hydrogen-bond donors (Lipinski definition) is 0. The van der Waals surface area contributed by atoms with Gasteiger partial charge < -0.3 is 0 Å². The van der Waals surface area contributed by atoms with Gasteiger partial charge in [0.2, 0.25) is 0 Å². The summed E-state index contributed by atoms with van der Waals surface area (Å²) in [4.78, 5) is 0. The first-order valence-electron chi connectivity index (χ1n) is 5.85. The zero-order chi connectivity index (χ0) is 11.2. The van der Waals surface area contributed by atoms with Crippen LogP contribution in [-0.4, -0.2) is 7.38 Å². The minimum absolute atomic E-state index is 0.660. The van der Waals surface area contributed by atoms with Gasteiger partial charge in [-0.25, -0.2) is 0 Å². The van der Waals surface area contributed by atoms with Gasteiger partial charge in [-0.2, -0.15) is 11.1 Å². The molecule has 14 heavy (non-hydrogen) atoms. The Hall–Kier alpha value is 0.247. The molecule has 0 bridgehead atoms. The molecule has 0 radical (unpaired) electrons. The molecule has 0 aromatic rings. The smallest absolute Gasteiger partial charge is 0.161 e. The van der Waals surface area contributed by atoms with Crippen molar-refractivity contribution in [2.45, 2.75) is 64.5 Å². The Kier molecular flexibility index (Phi) is 6.80. The topological polar surface area (TPSA) is 0 Å². The summed E-state index contributed by atoms with van der Waals surface area (Å²) in [5.41, 5.74) is 3.41. The van der Waals surface area contributed by atoms with Gasteiger partial charge in [0.15, 0.2) is 7.38 Å². The molecule has 0 spiro atoms. The van der Waals surface area contributed by atoms with Crippen molar-refractivity contribution < 1.29 is 0 Å². The monoisotopic (exact) mass is 232 g/mol. The van der Waals surface area contributed by atoms with Crippen LogP contribution < -0.4 is 0 Å². The Morgan fingerprint density at radius 1 is 1.14 bits per heavy atom. The largest absolute Gasteiger partial charge is 0.184 e. The van der Waals surface area contributed by atoms with Crippen molar-refractivity contribution in [3.05, 3.63) is 12.3 Å². The van der Waals surface area contributed by atoms with E-state index in [1.54, 1.807) is 0 Å². The molecule has 0 N–H and O–H groups in total. The van der Waals surface area contributed by atoms with E-state index in [0.717, 1.165) is 0 Å². The lowest BCUT2D eigenvalue weighted by molar-refractivity contribution is 0.699. The van der Waals surface area contributed by atoms with Crippen molar-refractivity contribution in [2.75, 3.05) is 0 Å². The van der Waals surface area contributed by atoms with Crippen LogP contribution in [0.15, 0.2) is 12.3 Å². The first kappa shape index (κ1) is 14.2. The van der Waals surface area contributed by atoms with Crippen molar-refractivity contribution in [1.82, 2.24) is 0 Å². The summed E-state index contributed by atoms with van der Waals surface area (Å²) in [6.45, 7) is 13.0. The van der Waals surface area contributed by atoms with Gasteiger partial charge in [0.25, 0.3) is 0 Å². The van der Waals surface area contributed by atoms with Crippen molar-refractivity contribution in [1.29, 1.82) is 0 Å². The van der Waals surface area contributed by atoms with E-state index in [1.807, 2.05) is 0 Å². The lowest BCUT2D eigenvalue weighted by Gasteiger charge is -2.33. The van der Waals surface area contributed by atoms with Crippen LogP contribution in [0, 0.1) is 0 Å². The van der Waals surface area contributed by atoms with Gasteiger partial charge in [-0.15, -0.1) is 6.58 Å². The maximum absolute atomic E-state index is 6.80. The normalized spacial score (nSPS) is 19.8. The Morgan fingerprint density at radius 3 is 1.71 bits per heavy atom. The third kappa shape index (κ3) is 3.43. The second kappa shape index (κ2) is 6.68. The van der Waals surface area contributed by atoms with Gasteiger partial charge in [-0.1, -0.05) is 59.1 Å².